The van der Waals surface area contributed by atoms with E-state index in [-0.39, 0.29) is 6.04 Å². The fraction of sp³-hybridized carbons (Fsp3) is 0.100. The fourth-order valence-electron chi connectivity index (χ4n) is 1.31. The molecule has 1 unspecified atom stereocenters. The number of nitrogens with zero attached hydrogens (tertiary/aromatic N) is 1. The quantitative estimate of drug-likeness (QED) is 0.838. The predicted molar refractivity (Wildman–Crippen MR) is 75.0 cm³/mol. The van der Waals surface area contributed by atoms with Gasteiger partial charge in [-0.3, -0.25) is 4.98 Å². The van der Waals surface area contributed by atoms with Crippen molar-refractivity contribution < 1.29 is 0 Å². The van der Waals surface area contributed by atoms with Crippen LogP contribution in [0.2, 0.25) is 5.02 Å². The van der Waals surface area contributed by atoms with Gasteiger partial charge in [0.15, 0.2) is 0 Å². The zero-order chi connectivity index (χ0) is 11.7. The second kappa shape index (κ2) is 5.14. The van der Waals surface area contributed by atoms with Gasteiger partial charge < -0.3 is 5.73 Å². The van der Waals surface area contributed by atoms with Crippen molar-refractivity contribution in [1.29, 1.82) is 0 Å². The molecule has 2 nitrogen and oxygen atoms in total. The zero-order valence-corrected chi connectivity index (χ0v) is 12.7. The summed E-state index contributed by atoms with van der Waals surface area (Å²) in [5, 5.41) is 2.61. The Morgan fingerprint density at radius 3 is 2.75 bits per heavy atom. The van der Waals surface area contributed by atoms with Crippen LogP contribution in [-0.2, 0) is 0 Å². The molecule has 0 aliphatic rings. The number of nitrogens with two attached hydrogens (primary N) is 1. The van der Waals surface area contributed by atoms with Crippen LogP contribution in [0.25, 0.3) is 0 Å². The van der Waals surface area contributed by atoms with E-state index >= 15 is 0 Å². The van der Waals surface area contributed by atoms with E-state index in [0.717, 1.165) is 19.5 Å². The standard InChI is InChI=1S/C10H7Br2ClN2S/c11-5-3-6(12)9(15-4-5)8(14)10-7(13)1-2-16-10/h1-4,8H,14H2. The topological polar surface area (TPSA) is 38.9 Å². The number of thiophene rings is 1. The molecule has 0 aromatic carbocycles. The Morgan fingerprint density at radius 2 is 2.19 bits per heavy atom. The maximum absolute atomic E-state index is 6.13. The molecule has 0 spiro atoms. The Balaban J connectivity index is 2.41. The third kappa shape index (κ3) is 2.49. The van der Waals surface area contributed by atoms with Crippen molar-refractivity contribution in [1.82, 2.24) is 4.98 Å². The first-order valence-electron chi connectivity index (χ1n) is 4.39. The molecular weight excluding hydrogens is 375 g/mol. The summed E-state index contributed by atoms with van der Waals surface area (Å²) in [6.07, 6.45) is 1.72. The summed E-state index contributed by atoms with van der Waals surface area (Å²) < 4.78 is 1.78. The van der Waals surface area contributed by atoms with Crippen LogP contribution in [0.5, 0.6) is 0 Å². The lowest BCUT2D eigenvalue weighted by atomic mass is 10.1. The number of pyridine rings is 1. The minimum Gasteiger partial charge on any atom is -0.318 e. The number of hydrogen-bond donors (Lipinski definition) is 1. The third-order valence-electron chi connectivity index (χ3n) is 2.06. The van der Waals surface area contributed by atoms with Gasteiger partial charge in [-0.25, -0.2) is 0 Å². The highest BCUT2D eigenvalue weighted by atomic mass is 79.9. The summed E-state index contributed by atoms with van der Waals surface area (Å²) in [7, 11) is 0. The maximum atomic E-state index is 6.13. The second-order valence-corrected chi connectivity index (χ2v) is 6.26. The lowest BCUT2D eigenvalue weighted by Gasteiger charge is -2.11. The highest BCUT2D eigenvalue weighted by Gasteiger charge is 2.17. The predicted octanol–water partition coefficient (Wildman–Crippen LogP) is 4.37. The second-order valence-electron chi connectivity index (χ2n) is 3.13. The lowest BCUT2D eigenvalue weighted by Crippen LogP contribution is -2.13. The van der Waals surface area contributed by atoms with Crippen LogP contribution in [0.3, 0.4) is 0 Å². The van der Waals surface area contributed by atoms with Crippen LogP contribution in [-0.4, -0.2) is 4.98 Å². The molecule has 2 aromatic heterocycles. The number of halogens is 3. The van der Waals surface area contributed by atoms with Crippen molar-refractivity contribution in [3.8, 4) is 0 Å². The molecule has 1 atom stereocenters. The molecular formula is C10H7Br2ClN2S. The Labute approximate surface area is 119 Å². The van der Waals surface area contributed by atoms with Gasteiger partial charge in [0.25, 0.3) is 0 Å². The first kappa shape index (κ1) is 12.5. The molecule has 0 bridgehead atoms. The number of aromatic nitrogens is 1. The van der Waals surface area contributed by atoms with E-state index in [1.165, 1.54) is 11.3 Å². The Kier molecular flexibility index (Phi) is 4.02. The maximum Gasteiger partial charge on any atom is 0.0846 e. The Bertz CT molecular complexity index is 515. The van der Waals surface area contributed by atoms with Crippen molar-refractivity contribution in [2.24, 2.45) is 5.73 Å². The van der Waals surface area contributed by atoms with E-state index in [4.69, 9.17) is 17.3 Å². The van der Waals surface area contributed by atoms with Crippen molar-refractivity contribution in [3.05, 3.63) is 48.2 Å². The normalized spacial score (nSPS) is 12.8. The van der Waals surface area contributed by atoms with E-state index in [1.54, 1.807) is 6.20 Å². The molecule has 0 saturated carbocycles. The average molecular weight is 383 g/mol. The fourth-order valence-corrected chi connectivity index (χ4v) is 3.72. The average Bonchev–Trinajstić information content (AvgIpc) is 2.63. The van der Waals surface area contributed by atoms with Crippen molar-refractivity contribution in [2.75, 3.05) is 0 Å². The van der Waals surface area contributed by atoms with Gasteiger partial charge in [0.1, 0.15) is 0 Å². The molecule has 0 aliphatic heterocycles. The number of rotatable bonds is 2. The van der Waals surface area contributed by atoms with Gasteiger partial charge in [0.2, 0.25) is 0 Å². The molecule has 2 N–H and O–H groups in total. The van der Waals surface area contributed by atoms with Crippen molar-refractivity contribution in [3.63, 3.8) is 0 Å². The van der Waals surface area contributed by atoms with Crippen LogP contribution in [0.4, 0.5) is 0 Å². The SMILES string of the molecule is NC(c1ncc(Br)cc1Br)c1sccc1Cl. The summed E-state index contributed by atoms with van der Waals surface area (Å²) >= 11 is 14.4. The molecule has 16 heavy (non-hydrogen) atoms. The molecule has 0 fully saturated rings. The molecule has 2 heterocycles. The molecule has 84 valence electrons. The number of hydrogen-bond acceptors (Lipinski definition) is 3. The van der Waals surface area contributed by atoms with Crippen molar-refractivity contribution >= 4 is 54.8 Å². The lowest BCUT2D eigenvalue weighted by molar-refractivity contribution is 0.838. The van der Waals surface area contributed by atoms with Crippen LogP contribution in [0, 0.1) is 0 Å². The molecule has 2 rings (SSSR count). The molecule has 0 radical (unpaired) electrons. The Hall–Kier alpha value is 0.0600. The molecule has 0 amide bonds. The first-order chi connectivity index (χ1) is 7.59. The summed E-state index contributed by atoms with van der Waals surface area (Å²) in [6, 6.07) is 3.47. The summed E-state index contributed by atoms with van der Waals surface area (Å²) in [5.41, 5.74) is 6.92. The van der Waals surface area contributed by atoms with Gasteiger partial charge in [-0.15, -0.1) is 11.3 Å². The van der Waals surface area contributed by atoms with E-state index in [9.17, 15) is 0 Å². The first-order valence-corrected chi connectivity index (χ1v) is 7.23. The molecule has 0 saturated heterocycles. The zero-order valence-electron chi connectivity index (χ0n) is 7.95. The van der Waals surface area contributed by atoms with Gasteiger partial charge in [-0.05, 0) is 49.4 Å². The van der Waals surface area contributed by atoms with Crippen LogP contribution < -0.4 is 5.73 Å². The Morgan fingerprint density at radius 1 is 1.44 bits per heavy atom. The third-order valence-corrected chi connectivity index (χ3v) is 4.57. The van der Waals surface area contributed by atoms with Gasteiger partial charge in [0.05, 0.1) is 16.8 Å². The van der Waals surface area contributed by atoms with E-state index in [0.29, 0.717) is 5.02 Å². The van der Waals surface area contributed by atoms with Crippen LogP contribution in [0.15, 0.2) is 32.7 Å². The van der Waals surface area contributed by atoms with Gasteiger partial charge in [-0.1, -0.05) is 11.6 Å². The highest BCUT2D eigenvalue weighted by molar-refractivity contribution is 9.11. The largest absolute Gasteiger partial charge is 0.318 e. The minimum absolute atomic E-state index is 0.296. The minimum atomic E-state index is -0.296. The highest BCUT2D eigenvalue weighted by Crippen LogP contribution is 2.33. The smallest absolute Gasteiger partial charge is 0.0846 e. The van der Waals surface area contributed by atoms with E-state index < -0.39 is 0 Å². The van der Waals surface area contributed by atoms with Crippen molar-refractivity contribution in [2.45, 2.75) is 6.04 Å². The van der Waals surface area contributed by atoms with Gasteiger partial charge in [-0.2, -0.15) is 0 Å². The van der Waals surface area contributed by atoms with Gasteiger partial charge >= 0.3 is 0 Å². The summed E-state index contributed by atoms with van der Waals surface area (Å²) in [6.45, 7) is 0. The van der Waals surface area contributed by atoms with Crippen LogP contribution in [0.1, 0.15) is 16.6 Å². The summed E-state index contributed by atoms with van der Waals surface area (Å²) in [4.78, 5) is 5.23. The van der Waals surface area contributed by atoms with E-state index in [1.807, 2.05) is 17.5 Å². The monoisotopic (exact) mass is 380 g/mol. The molecule has 6 heteroatoms. The van der Waals surface area contributed by atoms with E-state index in [2.05, 4.69) is 36.8 Å². The molecule has 0 aliphatic carbocycles. The summed E-state index contributed by atoms with van der Waals surface area (Å²) in [5.74, 6) is 0. The van der Waals surface area contributed by atoms with Gasteiger partial charge in [0, 0.05) is 20.0 Å². The molecule has 2 aromatic rings. The van der Waals surface area contributed by atoms with Crippen LogP contribution >= 0.6 is 54.8 Å².